The Morgan fingerprint density at radius 2 is 0.658 bits per heavy atom. The summed E-state index contributed by atoms with van der Waals surface area (Å²) in [5.41, 5.74) is 10.6. The number of rotatable bonds is 6. The van der Waals surface area contributed by atoms with E-state index >= 15 is 0 Å². The van der Waals surface area contributed by atoms with Crippen LogP contribution in [0.2, 0.25) is 0 Å². The van der Waals surface area contributed by atoms with Gasteiger partial charge in [0.2, 0.25) is 0 Å². The van der Waals surface area contributed by atoms with E-state index in [-0.39, 0.29) is 0 Å². The molecule has 0 heterocycles. The van der Waals surface area contributed by atoms with Crippen LogP contribution < -0.4 is 4.90 Å². The second-order valence-electron chi connectivity index (χ2n) is 9.22. The maximum absolute atomic E-state index is 3.60. The van der Waals surface area contributed by atoms with E-state index < -0.39 is 0 Å². The van der Waals surface area contributed by atoms with Crippen LogP contribution in [0.1, 0.15) is 0 Å². The quantitative estimate of drug-likeness (QED) is 0.199. The monoisotopic (exact) mass is 551 g/mol. The van der Waals surface area contributed by atoms with Gasteiger partial charge in [-0.05, 0) is 81.9 Å². The van der Waals surface area contributed by atoms with E-state index in [0.29, 0.717) is 0 Å². The third-order valence-electron chi connectivity index (χ3n) is 6.75. The normalized spacial score (nSPS) is 10.8. The first-order valence-electron chi connectivity index (χ1n) is 12.7. The van der Waals surface area contributed by atoms with Crippen molar-refractivity contribution >= 4 is 33.0 Å². The van der Waals surface area contributed by atoms with Gasteiger partial charge in [0.25, 0.3) is 0 Å². The van der Waals surface area contributed by atoms with Crippen molar-refractivity contribution < 1.29 is 0 Å². The van der Waals surface area contributed by atoms with Gasteiger partial charge in [-0.3, -0.25) is 0 Å². The lowest BCUT2D eigenvalue weighted by Gasteiger charge is -2.26. The number of benzene rings is 6. The largest absolute Gasteiger partial charge is 0.311 e. The molecule has 0 N–H and O–H groups in total. The molecule has 0 saturated heterocycles. The third-order valence-corrected chi connectivity index (χ3v) is 7.24. The topological polar surface area (TPSA) is 3.24 Å². The lowest BCUT2D eigenvalue weighted by atomic mass is 10.0. The lowest BCUT2D eigenvalue weighted by Crippen LogP contribution is -2.09. The summed E-state index contributed by atoms with van der Waals surface area (Å²) in [6.07, 6.45) is 0. The fraction of sp³-hybridized carbons (Fsp3) is 0. The highest BCUT2D eigenvalue weighted by atomic mass is 79.9. The van der Waals surface area contributed by atoms with E-state index in [2.05, 4.69) is 179 Å². The molecule has 0 aromatic heterocycles. The van der Waals surface area contributed by atoms with Crippen LogP contribution in [0.25, 0.3) is 33.4 Å². The standard InChI is InChI=1S/C36H26BrN/c37-33-13-7-12-32(26-33)31-18-24-36(25-19-31)38(34-20-14-29(15-21-34)27-8-3-1-4-9-27)35-22-16-30(17-23-35)28-10-5-2-6-11-28/h1-26H. The summed E-state index contributed by atoms with van der Waals surface area (Å²) < 4.78 is 1.08. The van der Waals surface area contributed by atoms with Crippen molar-refractivity contribution in [3.8, 4) is 33.4 Å². The number of anilines is 3. The summed E-state index contributed by atoms with van der Waals surface area (Å²) in [5.74, 6) is 0. The van der Waals surface area contributed by atoms with Gasteiger partial charge in [0.15, 0.2) is 0 Å². The van der Waals surface area contributed by atoms with Gasteiger partial charge in [-0.2, -0.15) is 0 Å². The van der Waals surface area contributed by atoms with Crippen molar-refractivity contribution in [1.29, 1.82) is 0 Å². The molecule has 0 saturated carbocycles. The number of nitrogens with zero attached hydrogens (tertiary/aromatic N) is 1. The van der Waals surface area contributed by atoms with Gasteiger partial charge in [-0.25, -0.2) is 0 Å². The second kappa shape index (κ2) is 10.9. The Morgan fingerprint density at radius 3 is 1.05 bits per heavy atom. The Morgan fingerprint density at radius 1 is 0.316 bits per heavy atom. The molecule has 2 heteroatoms. The highest BCUT2D eigenvalue weighted by Gasteiger charge is 2.13. The van der Waals surface area contributed by atoms with Crippen LogP contribution in [0.3, 0.4) is 0 Å². The number of halogens is 1. The van der Waals surface area contributed by atoms with Crippen LogP contribution >= 0.6 is 15.9 Å². The minimum absolute atomic E-state index is 1.08. The minimum Gasteiger partial charge on any atom is -0.311 e. The van der Waals surface area contributed by atoms with Gasteiger partial charge in [-0.15, -0.1) is 0 Å². The molecular formula is C36H26BrN. The molecule has 6 aromatic rings. The van der Waals surface area contributed by atoms with Gasteiger partial charge < -0.3 is 4.90 Å². The zero-order chi connectivity index (χ0) is 25.7. The Hall–Kier alpha value is -4.40. The zero-order valence-electron chi connectivity index (χ0n) is 20.8. The fourth-order valence-corrected chi connectivity index (χ4v) is 5.18. The summed E-state index contributed by atoms with van der Waals surface area (Å²) in [6.45, 7) is 0. The zero-order valence-corrected chi connectivity index (χ0v) is 22.4. The fourth-order valence-electron chi connectivity index (χ4n) is 4.79. The van der Waals surface area contributed by atoms with E-state index in [1.165, 1.54) is 33.4 Å². The van der Waals surface area contributed by atoms with Crippen molar-refractivity contribution in [2.75, 3.05) is 4.90 Å². The molecule has 6 aromatic carbocycles. The molecule has 0 bridgehead atoms. The summed E-state index contributed by atoms with van der Waals surface area (Å²) >= 11 is 3.60. The molecule has 0 amide bonds. The number of hydrogen-bond donors (Lipinski definition) is 0. The summed E-state index contributed by atoms with van der Waals surface area (Å²) in [4.78, 5) is 2.31. The lowest BCUT2D eigenvalue weighted by molar-refractivity contribution is 1.28. The highest BCUT2D eigenvalue weighted by molar-refractivity contribution is 9.10. The van der Waals surface area contributed by atoms with Crippen LogP contribution in [-0.2, 0) is 0 Å². The van der Waals surface area contributed by atoms with Crippen molar-refractivity contribution in [1.82, 2.24) is 0 Å². The summed E-state index contributed by atoms with van der Waals surface area (Å²) in [6, 6.07) is 55.8. The molecule has 1 nitrogen and oxygen atoms in total. The maximum atomic E-state index is 3.60. The predicted octanol–water partition coefficient (Wildman–Crippen LogP) is 10.9. The first kappa shape index (κ1) is 24.0. The molecular weight excluding hydrogens is 526 g/mol. The van der Waals surface area contributed by atoms with Gasteiger partial charge in [0.05, 0.1) is 0 Å². The van der Waals surface area contributed by atoms with E-state index in [4.69, 9.17) is 0 Å². The molecule has 0 aliphatic heterocycles. The first-order chi connectivity index (χ1) is 18.7. The van der Waals surface area contributed by atoms with Crippen LogP contribution in [0.5, 0.6) is 0 Å². The first-order valence-corrected chi connectivity index (χ1v) is 13.5. The molecule has 0 radical (unpaired) electrons. The molecule has 0 unspecified atom stereocenters. The van der Waals surface area contributed by atoms with Crippen LogP contribution in [0.4, 0.5) is 17.1 Å². The Bertz CT molecular complexity index is 1540. The summed E-state index contributed by atoms with van der Waals surface area (Å²) in [5, 5.41) is 0. The highest BCUT2D eigenvalue weighted by Crippen LogP contribution is 2.37. The predicted molar refractivity (Wildman–Crippen MR) is 165 cm³/mol. The Labute approximate surface area is 232 Å². The molecule has 38 heavy (non-hydrogen) atoms. The summed E-state index contributed by atoms with van der Waals surface area (Å²) in [7, 11) is 0. The Balaban J connectivity index is 1.38. The van der Waals surface area contributed by atoms with Gasteiger partial charge in [0, 0.05) is 21.5 Å². The van der Waals surface area contributed by atoms with Crippen LogP contribution in [0, 0.1) is 0 Å². The van der Waals surface area contributed by atoms with E-state index in [0.717, 1.165) is 21.5 Å². The molecule has 182 valence electrons. The van der Waals surface area contributed by atoms with Crippen molar-refractivity contribution in [3.63, 3.8) is 0 Å². The number of hydrogen-bond acceptors (Lipinski definition) is 1. The van der Waals surface area contributed by atoms with Gasteiger partial charge in [-0.1, -0.05) is 125 Å². The average Bonchev–Trinajstić information content (AvgIpc) is 2.99. The SMILES string of the molecule is Brc1cccc(-c2ccc(N(c3ccc(-c4ccccc4)cc3)c3ccc(-c4ccccc4)cc3)cc2)c1. The molecule has 0 aliphatic rings. The second-order valence-corrected chi connectivity index (χ2v) is 10.1. The molecule has 0 fully saturated rings. The van der Waals surface area contributed by atoms with Crippen molar-refractivity contribution in [2.24, 2.45) is 0 Å². The smallest absolute Gasteiger partial charge is 0.0462 e. The molecule has 0 spiro atoms. The third kappa shape index (κ3) is 5.18. The molecule has 0 atom stereocenters. The maximum Gasteiger partial charge on any atom is 0.0462 e. The van der Waals surface area contributed by atoms with Crippen molar-refractivity contribution in [2.45, 2.75) is 0 Å². The van der Waals surface area contributed by atoms with E-state index in [9.17, 15) is 0 Å². The molecule has 6 rings (SSSR count). The molecule has 0 aliphatic carbocycles. The van der Waals surface area contributed by atoms with E-state index in [1.807, 2.05) is 0 Å². The van der Waals surface area contributed by atoms with Gasteiger partial charge >= 0.3 is 0 Å². The Kier molecular flexibility index (Phi) is 6.89. The average molecular weight is 553 g/mol. The van der Waals surface area contributed by atoms with Crippen LogP contribution in [-0.4, -0.2) is 0 Å². The minimum atomic E-state index is 1.08. The van der Waals surface area contributed by atoms with Crippen molar-refractivity contribution in [3.05, 3.63) is 162 Å². The van der Waals surface area contributed by atoms with Gasteiger partial charge in [0.1, 0.15) is 0 Å². The van der Waals surface area contributed by atoms with Crippen LogP contribution in [0.15, 0.2) is 162 Å². The van der Waals surface area contributed by atoms with E-state index in [1.54, 1.807) is 0 Å².